The van der Waals surface area contributed by atoms with Crippen LogP contribution >= 0.6 is 11.6 Å². The fraction of sp³-hybridized carbons (Fsp3) is 0.571. The number of halogens is 1. The zero-order valence-corrected chi connectivity index (χ0v) is 11.0. The van der Waals surface area contributed by atoms with Crippen molar-refractivity contribution in [3.05, 3.63) is 34.9 Å². The molecule has 17 heavy (non-hydrogen) atoms. The summed E-state index contributed by atoms with van der Waals surface area (Å²) >= 11 is 6.09. The number of hydrogen-bond donors (Lipinski definition) is 1. The van der Waals surface area contributed by atoms with Gasteiger partial charge in [-0.2, -0.15) is 0 Å². The van der Waals surface area contributed by atoms with Gasteiger partial charge in [-0.15, -0.1) is 0 Å². The molecule has 1 aromatic rings. The average Bonchev–Trinajstić information content (AvgIpc) is 2.83. The molecule has 2 rings (SSSR count). The molecule has 1 aliphatic heterocycles. The highest BCUT2D eigenvalue weighted by atomic mass is 35.5. The van der Waals surface area contributed by atoms with Crippen LogP contribution < -0.4 is 5.73 Å². The normalized spacial score (nSPS) is 18.5. The van der Waals surface area contributed by atoms with Gasteiger partial charge in [-0.25, -0.2) is 0 Å². The van der Waals surface area contributed by atoms with Crippen molar-refractivity contribution >= 4 is 11.6 Å². The molecule has 1 saturated heterocycles. The smallest absolute Gasteiger partial charge is 0.0409 e. The third kappa shape index (κ3) is 3.44. The second-order valence-electron chi connectivity index (χ2n) is 4.74. The molecule has 2 N–H and O–H groups in total. The summed E-state index contributed by atoms with van der Waals surface area (Å²) in [6, 6.07) is 8.77. The van der Waals surface area contributed by atoms with Gasteiger partial charge < -0.3 is 5.73 Å². The van der Waals surface area contributed by atoms with Gasteiger partial charge in [0.25, 0.3) is 0 Å². The van der Waals surface area contributed by atoms with Crippen LogP contribution in [0.3, 0.4) is 0 Å². The Morgan fingerprint density at radius 1 is 1.29 bits per heavy atom. The summed E-state index contributed by atoms with van der Waals surface area (Å²) in [6.07, 6.45) is 4.85. The molecule has 0 amide bonds. The van der Waals surface area contributed by atoms with Crippen molar-refractivity contribution in [2.24, 2.45) is 5.73 Å². The first-order chi connectivity index (χ1) is 8.31. The van der Waals surface area contributed by atoms with Crippen molar-refractivity contribution in [2.45, 2.75) is 31.7 Å². The van der Waals surface area contributed by atoms with Crippen molar-refractivity contribution in [3.8, 4) is 0 Å². The van der Waals surface area contributed by atoms with Crippen LogP contribution in [0.25, 0.3) is 0 Å². The topological polar surface area (TPSA) is 29.3 Å². The average molecular weight is 253 g/mol. The highest BCUT2D eigenvalue weighted by Gasteiger charge is 2.22. The maximum atomic E-state index is 6.09. The van der Waals surface area contributed by atoms with Crippen LogP contribution in [-0.4, -0.2) is 24.5 Å². The minimum absolute atomic E-state index is 0.500. The quantitative estimate of drug-likeness (QED) is 0.872. The summed E-state index contributed by atoms with van der Waals surface area (Å²) in [6.45, 7) is 3.19. The van der Waals surface area contributed by atoms with Gasteiger partial charge >= 0.3 is 0 Å². The van der Waals surface area contributed by atoms with Crippen LogP contribution in [0, 0.1) is 0 Å². The summed E-state index contributed by atoms with van der Waals surface area (Å²) < 4.78 is 0. The van der Waals surface area contributed by atoms with E-state index >= 15 is 0 Å². The van der Waals surface area contributed by atoms with Crippen molar-refractivity contribution in [2.75, 3.05) is 19.6 Å². The molecule has 1 fully saturated rings. The van der Waals surface area contributed by atoms with Crippen molar-refractivity contribution in [3.63, 3.8) is 0 Å². The molecule has 3 heteroatoms. The molecule has 1 heterocycles. The molecule has 0 radical (unpaired) electrons. The number of nitrogens with two attached hydrogens (primary N) is 1. The number of rotatable bonds is 5. The van der Waals surface area contributed by atoms with Gasteiger partial charge in [-0.1, -0.05) is 23.7 Å². The monoisotopic (exact) mass is 252 g/mol. The summed E-state index contributed by atoms with van der Waals surface area (Å²) in [5.74, 6) is 0. The molecular formula is C14H21ClN2. The van der Waals surface area contributed by atoms with Crippen LogP contribution in [-0.2, 0) is 0 Å². The van der Waals surface area contributed by atoms with E-state index in [-0.39, 0.29) is 0 Å². The Morgan fingerprint density at radius 3 is 2.71 bits per heavy atom. The first kappa shape index (κ1) is 12.9. The number of benzene rings is 1. The molecule has 2 nitrogen and oxygen atoms in total. The van der Waals surface area contributed by atoms with Crippen LogP contribution in [0.2, 0.25) is 5.02 Å². The second-order valence-corrected chi connectivity index (χ2v) is 5.18. The fourth-order valence-corrected chi connectivity index (χ4v) is 2.84. The van der Waals surface area contributed by atoms with Crippen LogP contribution in [0.4, 0.5) is 0 Å². The van der Waals surface area contributed by atoms with E-state index in [2.05, 4.69) is 17.0 Å². The van der Waals surface area contributed by atoms with E-state index in [1.54, 1.807) is 0 Å². The Labute approximate surface area is 109 Å². The zero-order chi connectivity index (χ0) is 12.1. The van der Waals surface area contributed by atoms with E-state index in [1.165, 1.54) is 31.5 Å². The molecule has 0 saturated carbocycles. The third-order valence-electron chi connectivity index (χ3n) is 3.50. The lowest BCUT2D eigenvalue weighted by Gasteiger charge is -2.28. The minimum atomic E-state index is 0.500. The van der Waals surface area contributed by atoms with Gasteiger partial charge in [-0.05, 0) is 63.0 Å². The van der Waals surface area contributed by atoms with Gasteiger partial charge in [0.05, 0.1) is 0 Å². The van der Waals surface area contributed by atoms with E-state index in [9.17, 15) is 0 Å². The second kappa shape index (κ2) is 6.39. The number of hydrogen-bond acceptors (Lipinski definition) is 2. The Morgan fingerprint density at radius 2 is 2.06 bits per heavy atom. The van der Waals surface area contributed by atoms with Crippen LogP contribution in [0.15, 0.2) is 24.3 Å². The van der Waals surface area contributed by atoms with Gasteiger partial charge in [-0.3, -0.25) is 4.90 Å². The summed E-state index contributed by atoms with van der Waals surface area (Å²) in [5, 5.41) is 0.833. The molecule has 94 valence electrons. The maximum Gasteiger partial charge on any atom is 0.0409 e. The molecule has 1 aliphatic rings. The molecule has 0 bridgehead atoms. The Hall–Kier alpha value is -0.570. The van der Waals surface area contributed by atoms with Gasteiger partial charge in [0.1, 0.15) is 0 Å². The van der Waals surface area contributed by atoms with Gasteiger partial charge in [0.15, 0.2) is 0 Å². The van der Waals surface area contributed by atoms with E-state index in [0.717, 1.165) is 24.4 Å². The van der Waals surface area contributed by atoms with Crippen molar-refractivity contribution < 1.29 is 0 Å². The lowest BCUT2D eigenvalue weighted by molar-refractivity contribution is 0.231. The molecule has 0 spiro atoms. The van der Waals surface area contributed by atoms with Crippen LogP contribution in [0.5, 0.6) is 0 Å². The highest BCUT2D eigenvalue weighted by molar-refractivity contribution is 6.30. The molecule has 1 unspecified atom stereocenters. The number of likely N-dealkylation sites (tertiary alicyclic amines) is 1. The first-order valence-electron chi connectivity index (χ1n) is 6.51. The standard InChI is InChI=1S/C14H21ClN2/c15-13-6-3-5-12(11-13)14(7-4-8-16)17-9-1-2-10-17/h3,5-6,11,14H,1-2,4,7-10,16H2. The molecular weight excluding hydrogens is 232 g/mol. The van der Waals surface area contributed by atoms with Crippen LogP contribution in [0.1, 0.15) is 37.3 Å². The minimum Gasteiger partial charge on any atom is -0.330 e. The maximum absolute atomic E-state index is 6.09. The Kier molecular flexibility index (Phi) is 4.84. The predicted molar refractivity (Wildman–Crippen MR) is 73.3 cm³/mol. The summed E-state index contributed by atoms with van der Waals surface area (Å²) in [4.78, 5) is 2.57. The molecule has 1 aromatic carbocycles. The van der Waals surface area contributed by atoms with E-state index in [1.807, 2.05) is 12.1 Å². The highest BCUT2D eigenvalue weighted by Crippen LogP contribution is 2.30. The van der Waals surface area contributed by atoms with Gasteiger partial charge in [0.2, 0.25) is 0 Å². The van der Waals surface area contributed by atoms with E-state index in [0.29, 0.717) is 6.04 Å². The van der Waals surface area contributed by atoms with Gasteiger partial charge in [0, 0.05) is 11.1 Å². The Bertz CT molecular complexity index is 348. The molecule has 1 atom stereocenters. The molecule has 0 aromatic heterocycles. The third-order valence-corrected chi connectivity index (χ3v) is 3.73. The van der Waals surface area contributed by atoms with Crippen molar-refractivity contribution in [1.82, 2.24) is 4.90 Å². The van der Waals surface area contributed by atoms with Crippen molar-refractivity contribution in [1.29, 1.82) is 0 Å². The molecule has 0 aliphatic carbocycles. The Balaban J connectivity index is 2.13. The van der Waals surface area contributed by atoms with E-state index in [4.69, 9.17) is 17.3 Å². The zero-order valence-electron chi connectivity index (χ0n) is 10.2. The fourth-order valence-electron chi connectivity index (χ4n) is 2.64. The van der Waals surface area contributed by atoms with E-state index < -0.39 is 0 Å². The lowest BCUT2D eigenvalue weighted by atomic mass is 10.0. The largest absolute Gasteiger partial charge is 0.330 e. The number of nitrogens with zero attached hydrogens (tertiary/aromatic N) is 1. The lowest BCUT2D eigenvalue weighted by Crippen LogP contribution is -2.26. The summed E-state index contributed by atoms with van der Waals surface area (Å²) in [7, 11) is 0. The summed E-state index contributed by atoms with van der Waals surface area (Å²) in [5.41, 5.74) is 6.98. The predicted octanol–water partition coefficient (Wildman–Crippen LogP) is 3.22. The SMILES string of the molecule is NCCCC(c1cccc(Cl)c1)N1CCCC1. The first-order valence-corrected chi connectivity index (χ1v) is 6.88.